The van der Waals surface area contributed by atoms with Gasteiger partial charge in [-0.05, 0) is 30.7 Å². The lowest BCUT2D eigenvalue weighted by Gasteiger charge is -2.45. The molecule has 4 atom stereocenters. The lowest BCUT2D eigenvalue weighted by molar-refractivity contribution is -0.329. The maximum absolute atomic E-state index is 14.1. The summed E-state index contributed by atoms with van der Waals surface area (Å²) >= 11 is 0. The Morgan fingerprint density at radius 1 is 0.762 bits per heavy atom. The maximum atomic E-state index is 14.1. The van der Waals surface area contributed by atoms with Gasteiger partial charge in [-0.1, -0.05) is 51.1 Å². The van der Waals surface area contributed by atoms with Crippen LogP contribution < -0.4 is 15.4 Å². The Morgan fingerprint density at radius 2 is 1.24 bits per heavy atom. The monoisotopic (exact) mass is 897 g/mol. The van der Waals surface area contributed by atoms with Gasteiger partial charge in [0.25, 0.3) is 0 Å². The summed E-state index contributed by atoms with van der Waals surface area (Å²) in [5.41, 5.74) is -7.63. The number of ether oxygens (including phenoxy) is 1. The highest BCUT2D eigenvalue weighted by Crippen LogP contribution is 2.58. The zero-order valence-electron chi connectivity index (χ0n) is 33.8. The van der Waals surface area contributed by atoms with Crippen LogP contribution in [0.4, 0.5) is 4.79 Å². The zero-order chi connectivity index (χ0) is 47.7. The number of hydrogen-bond donors (Lipinski definition) is 19. The van der Waals surface area contributed by atoms with Crippen molar-refractivity contribution in [2.75, 3.05) is 19.7 Å². The van der Waals surface area contributed by atoms with Crippen LogP contribution in [0.25, 0.3) is 0 Å². The van der Waals surface area contributed by atoms with E-state index < -0.39 is 153 Å². The number of nitrogens with one attached hydrogen (secondary N) is 2. The van der Waals surface area contributed by atoms with E-state index in [-0.39, 0.29) is 13.0 Å². The number of hydrogen-bond acceptors (Lipinski definition) is 21. The van der Waals surface area contributed by atoms with Crippen LogP contribution in [0, 0.1) is 11.3 Å². The minimum Gasteiger partial charge on any atom is -0.504 e. The maximum Gasteiger partial charge on any atom is 0.318 e. The van der Waals surface area contributed by atoms with Crippen LogP contribution in [0.1, 0.15) is 62.3 Å². The Hall–Kier alpha value is -6.09. The van der Waals surface area contributed by atoms with E-state index in [1.807, 2.05) is 0 Å². The van der Waals surface area contributed by atoms with Crippen LogP contribution >= 0.6 is 0 Å². The highest BCUT2D eigenvalue weighted by molar-refractivity contribution is 5.88. The minimum absolute atomic E-state index is 0.120. The van der Waals surface area contributed by atoms with E-state index in [0.29, 0.717) is 18.5 Å². The number of aromatic hydroxyl groups is 8. The topological polar surface area (TPSA) is 432 Å². The minimum atomic E-state index is -4.30. The Morgan fingerprint density at radius 3 is 1.71 bits per heavy atom. The molecule has 4 rings (SSSR count). The van der Waals surface area contributed by atoms with Crippen LogP contribution in [-0.2, 0) is 33.7 Å². The van der Waals surface area contributed by atoms with Gasteiger partial charge in [-0.15, -0.1) is 0 Å². The Balaban J connectivity index is 1.85. The smallest absolute Gasteiger partial charge is 0.318 e. The molecule has 0 bridgehead atoms. The molecule has 4 unspecified atom stereocenters. The molecule has 1 aliphatic heterocycles. The quantitative estimate of drug-likeness (QED) is 0.0360. The molecule has 1 heterocycles. The summed E-state index contributed by atoms with van der Waals surface area (Å²) in [6.45, 7) is 3.04. The van der Waals surface area contributed by atoms with E-state index in [9.17, 15) is 101 Å². The van der Waals surface area contributed by atoms with Gasteiger partial charge in [0.15, 0.2) is 28.8 Å². The van der Waals surface area contributed by atoms with Crippen LogP contribution in [0.15, 0.2) is 30.3 Å². The summed E-state index contributed by atoms with van der Waals surface area (Å²) in [5, 5.41) is 184. The van der Waals surface area contributed by atoms with Crippen molar-refractivity contribution in [3.63, 3.8) is 0 Å². The SMILES string of the molecule is CC(C)C(C(=O)NC(Cc1ccccc1)CC(O)C(C)(CC(=O)COc1c(C(O)(O)O)c(O)c(O)c(O)c1C(O)(O)O)C(O)(O)c1c(O)c(O)c(O)c(O)c1O)N1CCCNC1=O. The second-order valence-electron chi connectivity index (χ2n) is 15.7. The molecule has 3 aromatic rings. The summed E-state index contributed by atoms with van der Waals surface area (Å²) in [4.78, 5) is 42.0. The van der Waals surface area contributed by atoms with Gasteiger partial charge >= 0.3 is 18.0 Å². The summed E-state index contributed by atoms with van der Waals surface area (Å²) in [5.74, 6) is -30.5. The van der Waals surface area contributed by atoms with E-state index in [1.54, 1.807) is 44.2 Å². The van der Waals surface area contributed by atoms with Crippen LogP contribution in [0.5, 0.6) is 51.7 Å². The number of aliphatic hydroxyl groups excluding tert-OH is 1. The number of aliphatic hydroxyl groups is 9. The molecule has 0 aromatic heterocycles. The van der Waals surface area contributed by atoms with Crippen molar-refractivity contribution >= 4 is 17.7 Å². The van der Waals surface area contributed by atoms with Crippen LogP contribution in [0.2, 0.25) is 0 Å². The molecule has 19 N–H and O–H groups in total. The van der Waals surface area contributed by atoms with Crippen molar-refractivity contribution in [2.45, 2.75) is 82.4 Å². The van der Waals surface area contributed by atoms with Gasteiger partial charge in [0, 0.05) is 25.6 Å². The first-order chi connectivity index (χ1) is 29.0. The number of nitrogens with zero attached hydrogens (tertiary/aromatic N) is 1. The number of ketones is 1. The third kappa shape index (κ3) is 9.93. The first kappa shape index (κ1) is 49.6. The molecule has 0 aliphatic carbocycles. The second kappa shape index (κ2) is 18.3. The Bertz CT molecular complexity index is 2120. The number of carbonyl (C=O) groups is 3. The molecule has 348 valence electrons. The number of Topliss-reactive ketones (excluding diaryl/α,β-unsaturated/α-hetero) is 1. The van der Waals surface area contributed by atoms with Gasteiger partial charge in [0.2, 0.25) is 34.7 Å². The highest BCUT2D eigenvalue weighted by atomic mass is 16.7. The number of amides is 3. The third-order valence-corrected chi connectivity index (χ3v) is 10.8. The normalized spacial score (nSPS) is 16.2. The molecule has 1 fully saturated rings. The number of phenols is 8. The van der Waals surface area contributed by atoms with Gasteiger partial charge in [-0.25, -0.2) is 4.79 Å². The molecule has 3 amide bonds. The number of phenolic OH excluding ortho intramolecular Hbond substituents is 8. The van der Waals surface area contributed by atoms with E-state index in [2.05, 4.69) is 10.6 Å². The van der Waals surface area contributed by atoms with Gasteiger partial charge in [-0.3, -0.25) is 9.59 Å². The fourth-order valence-electron chi connectivity index (χ4n) is 7.47. The third-order valence-electron chi connectivity index (χ3n) is 10.8. The summed E-state index contributed by atoms with van der Waals surface area (Å²) in [6, 6.07) is 5.35. The van der Waals surface area contributed by atoms with Crippen molar-refractivity contribution in [2.24, 2.45) is 11.3 Å². The fraction of sp³-hybridized carbons (Fsp3) is 0.462. The van der Waals surface area contributed by atoms with E-state index >= 15 is 0 Å². The van der Waals surface area contributed by atoms with Crippen molar-refractivity contribution < 1.29 is 106 Å². The van der Waals surface area contributed by atoms with Gasteiger partial charge in [0.05, 0.1) is 11.5 Å². The molecular formula is C39H51N3O21. The zero-order valence-corrected chi connectivity index (χ0v) is 33.8. The molecule has 24 heteroatoms. The average Bonchev–Trinajstić information content (AvgIpc) is 3.17. The number of rotatable bonds is 18. The van der Waals surface area contributed by atoms with Crippen molar-refractivity contribution in [1.82, 2.24) is 15.5 Å². The molecule has 63 heavy (non-hydrogen) atoms. The first-order valence-electron chi connectivity index (χ1n) is 19.0. The van der Waals surface area contributed by atoms with Crippen molar-refractivity contribution in [3.8, 4) is 51.7 Å². The second-order valence-corrected chi connectivity index (χ2v) is 15.7. The van der Waals surface area contributed by atoms with Crippen molar-refractivity contribution in [1.29, 1.82) is 0 Å². The van der Waals surface area contributed by atoms with Crippen LogP contribution in [0.3, 0.4) is 0 Å². The molecular weight excluding hydrogens is 846 g/mol. The van der Waals surface area contributed by atoms with E-state index in [4.69, 9.17) is 4.74 Å². The fourth-order valence-corrected chi connectivity index (χ4v) is 7.47. The number of urea groups is 1. The molecule has 3 aromatic carbocycles. The molecule has 0 spiro atoms. The highest BCUT2D eigenvalue weighted by Gasteiger charge is 2.57. The predicted octanol–water partition coefficient (Wildman–Crippen LogP) is -2.39. The number of carbonyl (C=O) groups excluding carboxylic acids is 3. The van der Waals surface area contributed by atoms with E-state index in [0.717, 1.165) is 6.92 Å². The average molecular weight is 898 g/mol. The Kier molecular flexibility index (Phi) is 14.4. The summed E-state index contributed by atoms with van der Waals surface area (Å²) < 4.78 is 5.08. The predicted molar refractivity (Wildman–Crippen MR) is 208 cm³/mol. The molecule has 24 nitrogen and oxygen atoms in total. The standard InChI is InChI=1S/C39H51N3O21/c1-16(2)24(42-11-7-10-40-35(42)54)34(53)41-18(12-17-8-5-4-6-9-17)13-20(44)36(3,37(55,56)21-25(45)30(50)32(52)31(51)26(21)46)14-19(43)15-63-33-22(38(57,58)59)27(47)29(49)28(48)23(33)39(60,61)62/h4-6,8-9,16,18,20,24,44-52,55-62H,7,10-15H2,1-3H3,(H,40,54)(H,41,53). The first-order valence-corrected chi connectivity index (χ1v) is 19.0. The van der Waals surface area contributed by atoms with Gasteiger partial charge in [0.1, 0.15) is 35.1 Å². The lowest BCUT2D eigenvalue weighted by atomic mass is 9.67. The van der Waals surface area contributed by atoms with Gasteiger partial charge < -0.3 is 107 Å². The molecule has 0 radical (unpaired) electrons. The molecule has 1 aliphatic rings. The van der Waals surface area contributed by atoms with Gasteiger partial charge in [-0.2, -0.15) is 0 Å². The Labute approximate surface area is 356 Å². The van der Waals surface area contributed by atoms with Crippen LogP contribution in [-0.4, -0.2) is 147 Å². The number of benzene rings is 3. The lowest BCUT2D eigenvalue weighted by Crippen LogP contribution is -2.60. The van der Waals surface area contributed by atoms with E-state index in [1.165, 1.54) is 4.90 Å². The molecule has 1 saturated heterocycles. The molecule has 0 saturated carbocycles. The van der Waals surface area contributed by atoms with Crippen molar-refractivity contribution in [3.05, 3.63) is 52.6 Å². The summed E-state index contributed by atoms with van der Waals surface area (Å²) in [7, 11) is 0. The largest absolute Gasteiger partial charge is 0.504 e. The summed E-state index contributed by atoms with van der Waals surface area (Å²) in [6.07, 6.45) is -4.18.